The van der Waals surface area contributed by atoms with E-state index >= 15 is 0 Å². The van der Waals surface area contributed by atoms with E-state index in [-0.39, 0.29) is 11.0 Å². The van der Waals surface area contributed by atoms with E-state index in [4.69, 9.17) is 14.2 Å². The van der Waals surface area contributed by atoms with E-state index < -0.39 is 70.1 Å². The Balaban J connectivity index is 3.45. The Morgan fingerprint density at radius 1 is 1.03 bits per heavy atom. The summed E-state index contributed by atoms with van der Waals surface area (Å²) in [5, 5.41) is 35.8. The molecular weight excluding hydrogens is 514 g/mol. The number of esters is 3. The summed E-state index contributed by atoms with van der Waals surface area (Å²) >= 11 is 3.15. The van der Waals surface area contributed by atoms with E-state index in [1.54, 1.807) is 0 Å². The monoisotopic (exact) mass is 535 g/mol. The van der Waals surface area contributed by atoms with E-state index in [9.17, 15) is 39.7 Å². The predicted molar refractivity (Wildman–Crippen MR) is 115 cm³/mol. The Bertz CT molecular complexity index is 911. The van der Waals surface area contributed by atoms with Gasteiger partial charge < -0.3 is 24.6 Å². The molecule has 182 valence electrons. The van der Waals surface area contributed by atoms with Crippen molar-refractivity contribution < 1.29 is 43.5 Å². The van der Waals surface area contributed by atoms with Crippen LogP contribution in [0.1, 0.15) is 20.8 Å². The lowest BCUT2D eigenvalue weighted by Crippen LogP contribution is -2.53. The van der Waals surface area contributed by atoms with Gasteiger partial charge in [0.2, 0.25) is 0 Å². The van der Waals surface area contributed by atoms with Crippen LogP contribution < -0.4 is 5.32 Å². The number of ether oxygens (including phenoxy) is 3. The summed E-state index contributed by atoms with van der Waals surface area (Å²) in [6.45, 7) is 2.54. The molecule has 0 aliphatic rings. The van der Waals surface area contributed by atoms with Crippen molar-refractivity contribution in [3.8, 4) is 0 Å². The highest BCUT2D eigenvalue weighted by molar-refractivity contribution is 9.09. The van der Waals surface area contributed by atoms with Crippen LogP contribution in [0.15, 0.2) is 18.2 Å². The molecule has 1 aromatic rings. The number of nitrogens with one attached hydrogen (secondary N) is 1. The Morgan fingerprint density at radius 2 is 1.61 bits per heavy atom. The smallest absolute Gasteiger partial charge is 0.368 e. The van der Waals surface area contributed by atoms with Gasteiger partial charge in [-0.3, -0.25) is 34.6 Å². The molecule has 0 bridgehead atoms. The summed E-state index contributed by atoms with van der Waals surface area (Å²) in [6, 6.07) is 2.24. The van der Waals surface area contributed by atoms with Crippen molar-refractivity contribution >= 4 is 50.9 Å². The van der Waals surface area contributed by atoms with Crippen LogP contribution >= 0.6 is 15.9 Å². The maximum Gasteiger partial charge on any atom is 0.368 e. The second kappa shape index (κ2) is 12.6. The number of rotatable bonds is 12. The molecule has 0 aromatic heterocycles. The van der Waals surface area contributed by atoms with E-state index in [1.807, 2.05) is 0 Å². The third kappa shape index (κ3) is 8.27. The molecule has 0 saturated heterocycles. The van der Waals surface area contributed by atoms with E-state index in [2.05, 4.69) is 21.2 Å². The van der Waals surface area contributed by atoms with Crippen LogP contribution in [0.4, 0.5) is 17.1 Å². The third-order valence-electron chi connectivity index (χ3n) is 4.06. The minimum Gasteiger partial charge on any atom is -0.463 e. The molecule has 0 aliphatic heterocycles. The molecule has 0 heterocycles. The number of aliphatic hydroxyl groups excluding tert-OH is 1. The predicted octanol–water partition coefficient (Wildman–Crippen LogP) is 1.47. The number of carbonyl (C=O) groups excluding carboxylic acids is 3. The molecule has 0 saturated carbocycles. The molecule has 0 aliphatic carbocycles. The first-order valence-corrected chi connectivity index (χ1v) is 10.4. The highest BCUT2D eigenvalue weighted by Gasteiger charge is 2.41. The number of halogens is 1. The van der Waals surface area contributed by atoms with Crippen molar-refractivity contribution in [2.45, 2.75) is 45.1 Å². The molecule has 1 aromatic carbocycles. The fraction of sp³-hybridized carbons (Fsp3) is 0.500. The largest absolute Gasteiger partial charge is 0.463 e. The number of nitro benzene ring substituents is 2. The molecule has 0 amide bonds. The van der Waals surface area contributed by atoms with Crippen LogP contribution in [0.5, 0.6) is 0 Å². The van der Waals surface area contributed by atoms with Crippen LogP contribution in [-0.4, -0.2) is 69.2 Å². The minimum atomic E-state index is -1.65. The lowest BCUT2D eigenvalue weighted by molar-refractivity contribution is -0.421. The standard InChI is InChI=1S/C18H22BrN3O11/c1-9(23)31-8-15(26)18(33-11(3)25)17(32-10(2)24)13(7-19)20-12-5-4-6-14(21(27)28)16(12)22(29)30/h4-6,13,15,17-18,20,26H,7-8H2,1-3H3/t13-,15+,17+,18-/m0/s1. The Morgan fingerprint density at radius 3 is 2.06 bits per heavy atom. The van der Waals surface area contributed by atoms with Gasteiger partial charge in [-0.15, -0.1) is 0 Å². The second-order valence-corrected chi connectivity index (χ2v) is 7.26. The van der Waals surface area contributed by atoms with Crippen LogP contribution in [0.2, 0.25) is 0 Å². The second-order valence-electron chi connectivity index (χ2n) is 6.61. The fourth-order valence-corrected chi connectivity index (χ4v) is 3.35. The zero-order chi connectivity index (χ0) is 25.3. The van der Waals surface area contributed by atoms with Gasteiger partial charge in [-0.05, 0) is 6.07 Å². The molecule has 0 spiro atoms. The fourth-order valence-electron chi connectivity index (χ4n) is 2.82. The number of hydrogen-bond acceptors (Lipinski definition) is 12. The van der Waals surface area contributed by atoms with Gasteiger partial charge >= 0.3 is 29.3 Å². The van der Waals surface area contributed by atoms with Crippen LogP contribution in [0.25, 0.3) is 0 Å². The van der Waals surface area contributed by atoms with Gasteiger partial charge in [-0.1, -0.05) is 22.0 Å². The van der Waals surface area contributed by atoms with Gasteiger partial charge in [0.25, 0.3) is 0 Å². The number of alkyl halides is 1. The number of hydrogen-bond donors (Lipinski definition) is 2. The maximum absolute atomic E-state index is 11.8. The number of para-hydroxylation sites is 1. The summed E-state index contributed by atoms with van der Waals surface area (Å²) < 4.78 is 15.1. The van der Waals surface area contributed by atoms with Crippen molar-refractivity contribution in [2.75, 3.05) is 17.3 Å². The first kappa shape index (κ1) is 27.7. The molecule has 33 heavy (non-hydrogen) atoms. The Labute approximate surface area is 195 Å². The number of anilines is 1. The van der Waals surface area contributed by atoms with Crippen LogP contribution in [0.3, 0.4) is 0 Å². The molecule has 0 unspecified atom stereocenters. The van der Waals surface area contributed by atoms with E-state index in [1.165, 1.54) is 12.1 Å². The SMILES string of the molecule is CC(=O)OC[C@@H](O)[C@H](OC(C)=O)[C@H](OC(C)=O)[C@H](CBr)Nc1cccc([N+](=O)[O-])c1[N+](=O)[O-]. The Kier molecular flexibility index (Phi) is 10.6. The third-order valence-corrected chi connectivity index (χ3v) is 4.76. The van der Waals surface area contributed by atoms with Gasteiger partial charge in [0, 0.05) is 32.2 Å². The normalized spacial score (nSPS) is 14.2. The van der Waals surface area contributed by atoms with Crippen molar-refractivity contribution in [1.82, 2.24) is 0 Å². The molecule has 1 rings (SSSR count). The molecule has 14 nitrogen and oxygen atoms in total. The number of carbonyl (C=O) groups is 3. The van der Waals surface area contributed by atoms with Crippen molar-refractivity contribution in [3.05, 3.63) is 38.4 Å². The van der Waals surface area contributed by atoms with Gasteiger partial charge in [-0.25, -0.2) is 0 Å². The first-order valence-electron chi connectivity index (χ1n) is 9.29. The molecule has 0 radical (unpaired) electrons. The lowest BCUT2D eigenvalue weighted by Gasteiger charge is -2.34. The van der Waals surface area contributed by atoms with Gasteiger partial charge in [0.15, 0.2) is 12.2 Å². The van der Waals surface area contributed by atoms with Crippen LogP contribution in [-0.2, 0) is 28.6 Å². The number of aliphatic hydroxyl groups is 1. The number of nitro groups is 2. The summed E-state index contributed by atoms with van der Waals surface area (Å²) in [4.78, 5) is 55.3. The van der Waals surface area contributed by atoms with Crippen LogP contribution in [0, 0.1) is 20.2 Å². The van der Waals surface area contributed by atoms with E-state index in [0.717, 1.165) is 26.8 Å². The highest BCUT2D eigenvalue weighted by Crippen LogP contribution is 2.35. The van der Waals surface area contributed by atoms with Crippen molar-refractivity contribution in [3.63, 3.8) is 0 Å². The zero-order valence-corrected chi connectivity index (χ0v) is 19.3. The average molecular weight is 536 g/mol. The molecule has 2 N–H and O–H groups in total. The quantitative estimate of drug-likeness (QED) is 0.128. The molecule has 4 atom stereocenters. The van der Waals surface area contributed by atoms with E-state index in [0.29, 0.717) is 0 Å². The average Bonchev–Trinajstić information content (AvgIpc) is 2.71. The summed E-state index contributed by atoms with van der Waals surface area (Å²) in [6.07, 6.45) is -4.68. The van der Waals surface area contributed by atoms with Crippen molar-refractivity contribution in [2.24, 2.45) is 0 Å². The Hall–Kier alpha value is -3.33. The number of nitrogens with zero attached hydrogens (tertiary/aromatic N) is 2. The summed E-state index contributed by atoms with van der Waals surface area (Å²) in [7, 11) is 0. The topological polar surface area (TPSA) is 197 Å². The lowest BCUT2D eigenvalue weighted by atomic mass is 10.0. The van der Waals surface area contributed by atoms with Gasteiger partial charge in [-0.2, -0.15) is 0 Å². The maximum atomic E-state index is 11.8. The minimum absolute atomic E-state index is 0.0805. The highest BCUT2D eigenvalue weighted by atomic mass is 79.9. The first-order chi connectivity index (χ1) is 15.4. The molecule has 15 heteroatoms. The van der Waals surface area contributed by atoms with Crippen molar-refractivity contribution in [1.29, 1.82) is 0 Å². The molecular formula is C18H22BrN3O11. The van der Waals surface area contributed by atoms with Gasteiger partial charge in [0.1, 0.15) is 18.4 Å². The summed E-state index contributed by atoms with van der Waals surface area (Å²) in [5.74, 6) is -2.45. The summed E-state index contributed by atoms with van der Waals surface area (Å²) in [5.41, 5.74) is -1.92. The number of benzene rings is 1. The van der Waals surface area contributed by atoms with Gasteiger partial charge in [0.05, 0.1) is 15.9 Å². The zero-order valence-electron chi connectivity index (χ0n) is 17.8. The molecule has 0 fully saturated rings.